The molecule has 0 spiro atoms. The molecule has 7 heteroatoms. The number of allylic oxidation sites excluding steroid dienone is 1. The number of para-hydroxylation sites is 1. The van der Waals surface area contributed by atoms with Gasteiger partial charge in [-0.15, -0.1) is 0 Å². The summed E-state index contributed by atoms with van der Waals surface area (Å²) in [4.78, 5) is 2.15. The second-order valence-corrected chi connectivity index (χ2v) is 8.98. The highest BCUT2D eigenvalue weighted by Crippen LogP contribution is 2.46. The molecule has 2 aliphatic heterocycles. The first-order valence-electron chi connectivity index (χ1n) is 11.6. The van der Waals surface area contributed by atoms with E-state index in [4.69, 9.17) is 9.47 Å². The minimum absolute atomic E-state index is 0.142. The molecule has 2 heterocycles. The summed E-state index contributed by atoms with van der Waals surface area (Å²) in [6.07, 6.45) is -0.651. The lowest BCUT2D eigenvalue weighted by Crippen LogP contribution is -2.49. The van der Waals surface area contributed by atoms with Crippen LogP contribution in [0.15, 0.2) is 60.7 Å². The van der Waals surface area contributed by atoms with Crippen LogP contribution in [0.4, 0.5) is 17.6 Å². The van der Waals surface area contributed by atoms with Gasteiger partial charge in [-0.2, -0.15) is 0 Å². The standard InChI is InChI=1S/C28H25F4NO2/c1-17-22-4-2-3-5-25(22)35-28(26(17)20-12-23(30)27(32)24(31)13-20)19-6-8-21(9-7-19)34-11-10-33-15-18(14-29)16-33/h2-9,12-13,18,28H,10-11,14-16H2,1H3. The van der Waals surface area contributed by atoms with Gasteiger partial charge in [0.1, 0.15) is 24.2 Å². The number of likely N-dealkylation sites (tertiary alicyclic amines) is 1. The van der Waals surface area contributed by atoms with Gasteiger partial charge >= 0.3 is 0 Å². The minimum atomic E-state index is -1.50. The first kappa shape index (κ1) is 23.4. The second-order valence-electron chi connectivity index (χ2n) is 8.98. The number of fused-ring (bicyclic) bond motifs is 1. The quantitative estimate of drug-likeness (QED) is 0.285. The smallest absolute Gasteiger partial charge is 0.194 e. The Hall–Kier alpha value is -3.32. The number of halogens is 4. The number of ether oxygens (including phenoxy) is 2. The van der Waals surface area contributed by atoms with Gasteiger partial charge in [0, 0.05) is 36.7 Å². The second kappa shape index (κ2) is 9.74. The molecule has 0 radical (unpaired) electrons. The molecule has 2 aliphatic rings. The SMILES string of the molecule is CC1=C(c2cc(F)c(F)c(F)c2)C(c2ccc(OCCN3CC(CF)C3)cc2)Oc2ccccc21. The molecule has 0 aliphatic carbocycles. The van der Waals surface area contributed by atoms with Crippen molar-refractivity contribution in [3.05, 3.63) is 94.8 Å². The van der Waals surface area contributed by atoms with Crippen LogP contribution in [0.3, 0.4) is 0 Å². The van der Waals surface area contributed by atoms with Crippen LogP contribution in [0.25, 0.3) is 11.1 Å². The third kappa shape index (κ3) is 4.65. The molecule has 1 saturated heterocycles. The maximum atomic E-state index is 14.1. The highest BCUT2D eigenvalue weighted by atomic mass is 19.2. The number of alkyl halides is 1. The summed E-state index contributed by atoms with van der Waals surface area (Å²) in [6, 6.07) is 16.8. The molecular formula is C28H25F4NO2. The van der Waals surface area contributed by atoms with Crippen molar-refractivity contribution in [3.63, 3.8) is 0 Å². The van der Waals surface area contributed by atoms with E-state index in [1.54, 1.807) is 0 Å². The molecule has 35 heavy (non-hydrogen) atoms. The molecule has 0 bridgehead atoms. The molecule has 3 aromatic carbocycles. The van der Waals surface area contributed by atoms with E-state index in [2.05, 4.69) is 4.90 Å². The van der Waals surface area contributed by atoms with Crippen molar-refractivity contribution in [2.24, 2.45) is 5.92 Å². The van der Waals surface area contributed by atoms with Gasteiger partial charge in [-0.25, -0.2) is 13.2 Å². The lowest BCUT2D eigenvalue weighted by molar-refractivity contribution is 0.0668. The predicted octanol–water partition coefficient (Wildman–Crippen LogP) is 6.45. The maximum Gasteiger partial charge on any atom is 0.194 e. The van der Waals surface area contributed by atoms with Crippen molar-refractivity contribution in [2.45, 2.75) is 13.0 Å². The van der Waals surface area contributed by atoms with Crippen molar-refractivity contribution in [2.75, 3.05) is 32.9 Å². The summed E-state index contributed by atoms with van der Waals surface area (Å²) >= 11 is 0. The number of benzene rings is 3. The van der Waals surface area contributed by atoms with Crippen molar-refractivity contribution >= 4 is 11.1 Å². The van der Waals surface area contributed by atoms with Crippen molar-refractivity contribution < 1.29 is 27.0 Å². The summed E-state index contributed by atoms with van der Waals surface area (Å²) < 4.78 is 66.6. The number of hydrogen-bond donors (Lipinski definition) is 0. The molecule has 0 N–H and O–H groups in total. The van der Waals surface area contributed by atoms with E-state index in [0.29, 0.717) is 23.7 Å². The fourth-order valence-electron chi connectivity index (χ4n) is 4.71. The summed E-state index contributed by atoms with van der Waals surface area (Å²) in [5.41, 5.74) is 3.16. The molecule has 3 aromatic rings. The Morgan fingerprint density at radius 3 is 2.34 bits per heavy atom. The van der Waals surface area contributed by atoms with Gasteiger partial charge in [-0.05, 0) is 54.0 Å². The normalized spacial score (nSPS) is 18.1. The summed E-state index contributed by atoms with van der Waals surface area (Å²) in [5.74, 6) is -2.52. The zero-order valence-corrected chi connectivity index (χ0v) is 19.2. The van der Waals surface area contributed by atoms with Crippen LogP contribution in [-0.2, 0) is 0 Å². The largest absolute Gasteiger partial charge is 0.492 e. The van der Waals surface area contributed by atoms with Crippen LogP contribution in [0, 0.1) is 23.4 Å². The Morgan fingerprint density at radius 1 is 0.971 bits per heavy atom. The third-order valence-electron chi connectivity index (χ3n) is 6.61. The first-order chi connectivity index (χ1) is 16.9. The topological polar surface area (TPSA) is 21.7 Å². The van der Waals surface area contributed by atoms with Gasteiger partial charge in [0.25, 0.3) is 0 Å². The zero-order chi connectivity index (χ0) is 24.5. The summed E-state index contributed by atoms with van der Waals surface area (Å²) in [5, 5.41) is 0. The van der Waals surface area contributed by atoms with Gasteiger partial charge in [-0.1, -0.05) is 30.3 Å². The highest BCUT2D eigenvalue weighted by molar-refractivity contribution is 5.95. The van der Waals surface area contributed by atoms with Gasteiger partial charge in [0.05, 0.1) is 6.67 Å². The number of hydrogen-bond acceptors (Lipinski definition) is 3. The van der Waals surface area contributed by atoms with E-state index in [-0.39, 0.29) is 18.2 Å². The monoisotopic (exact) mass is 483 g/mol. The van der Waals surface area contributed by atoms with Crippen LogP contribution in [-0.4, -0.2) is 37.8 Å². The Morgan fingerprint density at radius 2 is 1.66 bits per heavy atom. The molecule has 0 amide bonds. The lowest BCUT2D eigenvalue weighted by atomic mass is 9.86. The summed E-state index contributed by atoms with van der Waals surface area (Å²) in [6.45, 7) is 4.33. The van der Waals surface area contributed by atoms with Crippen molar-refractivity contribution in [1.82, 2.24) is 4.90 Å². The Balaban J connectivity index is 1.40. The lowest BCUT2D eigenvalue weighted by Gasteiger charge is -2.37. The highest BCUT2D eigenvalue weighted by Gasteiger charge is 2.30. The Labute approximate surface area is 201 Å². The van der Waals surface area contributed by atoms with Crippen LogP contribution in [0.1, 0.15) is 29.7 Å². The Bertz CT molecular complexity index is 1230. The predicted molar refractivity (Wildman–Crippen MR) is 126 cm³/mol. The number of rotatable bonds is 7. The van der Waals surface area contributed by atoms with E-state index < -0.39 is 23.6 Å². The molecule has 1 atom stereocenters. The molecule has 5 rings (SSSR count). The molecule has 1 fully saturated rings. The van der Waals surface area contributed by atoms with E-state index in [1.807, 2.05) is 55.5 Å². The Kier molecular flexibility index (Phi) is 6.52. The fraction of sp³-hybridized carbons (Fsp3) is 0.286. The third-order valence-corrected chi connectivity index (χ3v) is 6.61. The van der Waals surface area contributed by atoms with Crippen molar-refractivity contribution in [1.29, 1.82) is 0 Å². The molecule has 3 nitrogen and oxygen atoms in total. The molecule has 182 valence electrons. The average Bonchev–Trinajstić information content (AvgIpc) is 2.84. The van der Waals surface area contributed by atoms with Crippen molar-refractivity contribution in [3.8, 4) is 11.5 Å². The van der Waals surface area contributed by atoms with Gasteiger partial charge in [0.15, 0.2) is 17.5 Å². The summed E-state index contributed by atoms with van der Waals surface area (Å²) in [7, 11) is 0. The van der Waals surface area contributed by atoms with E-state index in [9.17, 15) is 17.6 Å². The maximum absolute atomic E-state index is 14.1. The zero-order valence-electron chi connectivity index (χ0n) is 19.2. The molecule has 0 aromatic heterocycles. The van der Waals surface area contributed by atoms with E-state index in [1.165, 1.54) is 0 Å². The average molecular weight is 484 g/mol. The first-order valence-corrected chi connectivity index (χ1v) is 11.6. The van der Waals surface area contributed by atoms with Gasteiger partial charge in [0.2, 0.25) is 0 Å². The minimum Gasteiger partial charge on any atom is -0.492 e. The molecule has 1 unspecified atom stereocenters. The van der Waals surface area contributed by atoms with Crippen LogP contribution in [0.5, 0.6) is 11.5 Å². The van der Waals surface area contributed by atoms with Crippen LogP contribution < -0.4 is 9.47 Å². The molecular weight excluding hydrogens is 458 g/mol. The number of nitrogens with zero attached hydrogens (tertiary/aromatic N) is 1. The van der Waals surface area contributed by atoms with Gasteiger partial charge in [-0.3, -0.25) is 9.29 Å². The van der Waals surface area contributed by atoms with E-state index >= 15 is 0 Å². The molecule has 0 saturated carbocycles. The fourth-order valence-corrected chi connectivity index (χ4v) is 4.71. The van der Waals surface area contributed by atoms with Gasteiger partial charge < -0.3 is 9.47 Å². The van der Waals surface area contributed by atoms with E-state index in [0.717, 1.165) is 48.5 Å². The van der Waals surface area contributed by atoms with Crippen LogP contribution in [0.2, 0.25) is 0 Å². The van der Waals surface area contributed by atoms with Crippen LogP contribution >= 0.6 is 0 Å².